The quantitative estimate of drug-likeness (QED) is 0.510. The Hall–Kier alpha value is -3.59. The second kappa shape index (κ2) is 7.97. The van der Waals surface area contributed by atoms with Gasteiger partial charge in [0.25, 0.3) is 5.91 Å². The summed E-state index contributed by atoms with van der Waals surface area (Å²) in [6, 6.07) is 14.2. The Morgan fingerprint density at radius 2 is 2.04 bits per heavy atom. The average molecular weight is 437 g/mol. The third-order valence-electron chi connectivity index (χ3n) is 3.68. The summed E-state index contributed by atoms with van der Waals surface area (Å²) >= 11 is 3.39. The van der Waals surface area contributed by atoms with E-state index >= 15 is 0 Å². The van der Waals surface area contributed by atoms with Gasteiger partial charge in [-0.15, -0.1) is 0 Å². The number of rotatable bonds is 5. The molecule has 0 saturated carbocycles. The fourth-order valence-electron chi connectivity index (χ4n) is 2.44. The molecule has 8 nitrogen and oxygen atoms in total. The number of aromatic nitrogens is 5. The van der Waals surface area contributed by atoms with Crippen molar-refractivity contribution in [2.75, 3.05) is 5.32 Å². The van der Waals surface area contributed by atoms with Gasteiger partial charge in [-0.2, -0.15) is 5.10 Å². The van der Waals surface area contributed by atoms with Crippen molar-refractivity contribution in [2.45, 2.75) is 0 Å². The van der Waals surface area contributed by atoms with E-state index in [0.717, 1.165) is 4.47 Å². The van der Waals surface area contributed by atoms with Crippen molar-refractivity contribution in [3.8, 4) is 17.4 Å². The molecule has 0 spiro atoms. The number of carbonyl (C=O) groups is 1. The minimum atomic E-state index is -0.332. The third-order valence-corrected chi connectivity index (χ3v) is 4.17. The highest BCUT2D eigenvalue weighted by atomic mass is 79.9. The minimum absolute atomic E-state index is 0.332. The Bertz CT molecular complexity index is 1100. The first-order valence-corrected chi connectivity index (χ1v) is 8.99. The number of hydrogen-bond acceptors (Lipinski definition) is 6. The molecule has 3 heterocycles. The first-order valence-electron chi connectivity index (χ1n) is 8.20. The lowest BCUT2D eigenvalue weighted by Crippen LogP contribution is -2.16. The van der Waals surface area contributed by atoms with Gasteiger partial charge in [-0.1, -0.05) is 22.0 Å². The number of carbonyl (C=O) groups excluding carboxylic acids is 1. The van der Waals surface area contributed by atoms with Gasteiger partial charge >= 0.3 is 0 Å². The monoisotopic (exact) mass is 436 g/mol. The van der Waals surface area contributed by atoms with Gasteiger partial charge in [0.15, 0.2) is 5.82 Å². The van der Waals surface area contributed by atoms with E-state index in [1.807, 2.05) is 24.3 Å². The van der Waals surface area contributed by atoms with Crippen molar-refractivity contribution < 1.29 is 9.53 Å². The molecule has 0 radical (unpaired) electrons. The number of halogens is 1. The number of anilines is 1. The smallest absolute Gasteiger partial charge is 0.259 e. The zero-order valence-corrected chi connectivity index (χ0v) is 15.9. The molecule has 9 heteroatoms. The topological polar surface area (TPSA) is 94.8 Å². The number of ether oxygens (including phenoxy) is 1. The van der Waals surface area contributed by atoms with E-state index in [1.54, 1.807) is 30.5 Å². The van der Waals surface area contributed by atoms with Crippen LogP contribution in [0.5, 0.6) is 11.6 Å². The molecule has 1 N–H and O–H groups in total. The predicted molar refractivity (Wildman–Crippen MR) is 106 cm³/mol. The molecule has 1 amide bonds. The molecule has 4 aromatic rings. The summed E-state index contributed by atoms with van der Waals surface area (Å²) in [5, 5.41) is 6.82. The fourth-order valence-corrected chi connectivity index (χ4v) is 2.82. The number of hydrogen-bond donors (Lipinski definition) is 1. The lowest BCUT2D eigenvalue weighted by molar-refractivity contribution is 0.102. The minimum Gasteiger partial charge on any atom is -0.439 e. The molecule has 4 rings (SSSR count). The predicted octanol–water partition coefficient (Wildman–Crippen LogP) is 3.86. The van der Waals surface area contributed by atoms with Crippen LogP contribution in [-0.4, -0.2) is 30.6 Å². The standard InChI is InChI=1S/C19H13BrN6O2/c20-13-3-1-4-15(9-13)28-17-7-6-14(10-23-17)25-19(27)16-5-2-8-22-18(16)26-12-21-11-24-26/h1-12H,(H,25,27). The number of nitrogens with zero attached hydrogens (tertiary/aromatic N) is 5. The van der Waals surface area contributed by atoms with Gasteiger partial charge in [0.2, 0.25) is 5.88 Å². The molecule has 0 saturated heterocycles. The first kappa shape index (κ1) is 17.8. The molecular formula is C19H13BrN6O2. The molecule has 0 atom stereocenters. The molecule has 0 unspecified atom stereocenters. The Kier molecular flexibility index (Phi) is 5.07. The molecule has 1 aromatic carbocycles. The maximum Gasteiger partial charge on any atom is 0.259 e. The second-order valence-corrected chi connectivity index (χ2v) is 6.53. The summed E-state index contributed by atoms with van der Waals surface area (Å²) < 4.78 is 8.03. The van der Waals surface area contributed by atoms with E-state index in [-0.39, 0.29) is 5.91 Å². The average Bonchev–Trinajstić information content (AvgIpc) is 3.24. The van der Waals surface area contributed by atoms with Gasteiger partial charge in [0.1, 0.15) is 18.4 Å². The van der Waals surface area contributed by atoms with E-state index in [4.69, 9.17) is 4.74 Å². The highest BCUT2D eigenvalue weighted by molar-refractivity contribution is 9.10. The van der Waals surface area contributed by atoms with Gasteiger partial charge < -0.3 is 10.1 Å². The van der Waals surface area contributed by atoms with Gasteiger partial charge in [-0.25, -0.2) is 19.6 Å². The van der Waals surface area contributed by atoms with Crippen molar-refractivity contribution in [3.05, 3.63) is 83.6 Å². The zero-order valence-electron chi connectivity index (χ0n) is 14.4. The fraction of sp³-hybridized carbons (Fsp3) is 0. The van der Waals surface area contributed by atoms with Crippen LogP contribution in [0, 0.1) is 0 Å². The van der Waals surface area contributed by atoms with Crippen molar-refractivity contribution in [2.24, 2.45) is 0 Å². The van der Waals surface area contributed by atoms with Crippen LogP contribution in [0.1, 0.15) is 10.4 Å². The molecule has 0 aliphatic carbocycles. The largest absolute Gasteiger partial charge is 0.439 e. The van der Waals surface area contributed by atoms with E-state index in [2.05, 4.69) is 41.3 Å². The van der Waals surface area contributed by atoms with Gasteiger partial charge in [0, 0.05) is 16.7 Å². The molecule has 138 valence electrons. The molecule has 0 aliphatic rings. The van der Waals surface area contributed by atoms with Crippen molar-refractivity contribution in [1.29, 1.82) is 0 Å². The van der Waals surface area contributed by atoms with Crippen LogP contribution in [0.25, 0.3) is 5.82 Å². The van der Waals surface area contributed by atoms with E-state index in [1.165, 1.54) is 23.5 Å². The Balaban J connectivity index is 1.49. The lowest BCUT2D eigenvalue weighted by atomic mass is 10.2. The number of benzene rings is 1. The molecule has 3 aromatic heterocycles. The molecule has 0 aliphatic heterocycles. The summed E-state index contributed by atoms with van der Waals surface area (Å²) in [4.78, 5) is 25.0. The van der Waals surface area contributed by atoms with Crippen LogP contribution in [0.3, 0.4) is 0 Å². The highest BCUT2D eigenvalue weighted by Crippen LogP contribution is 2.24. The van der Waals surface area contributed by atoms with Gasteiger partial charge in [0.05, 0.1) is 17.4 Å². The second-order valence-electron chi connectivity index (χ2n) is 5.61. The molecule has 0 bridgehead atoms. The zero-order chi connectivity index (χ0) is 19.3. The molecule has 0 fully saturated rings. The summed E-state index contributed by atoms with van der Waals surface area (Å²) in [5.41, 5.74) is 0.891. The van der Waals surface area contributed by atoms with Crippen LogP contribution in [0.2, 0.25) is 0 Å². The number of amides is 1. The first-order chi connectivity index (χ1) is 13.7. The van der Waals surface area contributed by atoms with E-state index in [0.29, 0.717) is 28.7 Å². The van der Waals surface area contributed by atoms with Crippen molar-refractivity contribution >= 4 is 27.5 Å². The maximum absolute atomic E-state index is 12.7. The summed E-state index contributed by atoms with van der Waals surface area (Å²) in [6.07, 6.45) is 5.97. The summed E-state index contributed by atoms with van der Waals surface area (Å²) in [7, 11) is 0. The summed E-state index contributed by atoms with van der Waals surface area (Å²) in [5.74, 6) is 1.13. The van der Waals surface area contributed by atoms with Crippen LogP contribution in [0.15, 0.2) is 78.1 Å². The lowest BCUT2D eigenvalue weighted by Gasteiger charge is -2.09. The maximum atomic E-state index is 12.7. The van der Waals surface area contributed by atoms with Crippen LogP contribution >= 0.6 is 15.9 Å². The number of pyridine rings is 2. The Morgan fingerprint density at radius 3 is 2.79 bits per heavy atom. The van der Waals surface area contributed by atoms with Crippen LogP contribution < -0.4 is 10.1 Å². The Morgan fingerprint density at radius 1 is 1.11 bits per heavy atom. The number of nitrogens with one attached hydrogen (secondary N) is 1. The Labute approximate surface area is 168 Å². The van der Waals surface area contributed by atoms with Crippen LogP contribution in [0.4, 0.5) is 5.69 Å². The highest BCUT2D eigenvalue weighted by Gasteiger charge is 2.14. The van der Waals surface area contributed by atoms with E-state index < -0.39 is 0 Å². The van der Waals surface area contributed by atoms with Gasteiger partial charge in [-0.05, 0) is 36.4 Å². The van der Waals surface area contributed by atoms with E-state index in [9.17, 15) is 4.79 Å². The molecule has 28 heavy (non-hydrogen) atoms. The van der Waals surface area contributed by atoms with Crippen molar-refractivity contribution in [3.63, 3.8) is 0 Å². The molecular weight excluding hydrogens is 424 g/mol. The SMILES string of the molecule is O=C(Nc1ccc(Oc2cccc(Br)c2)nc1)c1cccnc1-n1cncn1. The van der Waals surface area contributed by atoms with Gasteiger partial charge in [-0.3, -0.25) is 4.79 Å². The summed E-state index contributed by atoms with van der Waals surface area (Å²) in [6.45, 7) is 0. The van der Waals surface area contributed by atoms with Crippen molar-refractivity contribution in [1.82, 2.24) is 24.7 Å². The van der Waals surface area contributed by atoms with Crippen LogP contribution in [-0.2, 0) is 0 Å². The normalized spacial score (nSPS) is 10.5. The third kappa shape index (κ3) is 4.04.